The zero-order valence-electron chi connectivity index (χ0n) is 19.2. The molecule has 4 rings (SSSR count). The van der Waals surface area contributed by atoms with E-state index in [1.54, 1.807) is 12.1 Å². The zero-order valence-corrected chi connectivity index (χ0v) is 19.2. The lowest BCUT2D eigenvalue weighted by Crippen LogP contribution is -2.32. The highest BCUT2D eigenvalue weighted by Crippen LogP contribution is 2.40. The first kappa shape index (κ1) is 22.5. The van der Waals surface area contributed by atoms with Crippen LogP contribution in [-0.2, 0) is 14.3 Å². The number of hydrogen-bond donors (Lipinski definition) is 1. The summed E-state index contributed by atoms with van der Waals surface area (Å²) >= 11 is 0. The molecule has 1 aliphatic heterocycles. The number of nitrogens with zero attached hydrogens (tertiary/aromatic N) is 3. The van der Waals surface area contributed by atoms with E-state index in [-0.39, 0.29) is 30.2 Å². The number of aromatic nitrogens is 2. The van der Waals surface area contributed by atoms with Gasteiger partial charge in [0.1, 0.15) is 17.1 Å². The SMILES string of the molecule is CCOc1cccc(C2/C(=C(\O)c3nc4c(C)cccn4c3C)C(=O)C(=O)N2CCOC)c1. The fourth-order valence-corrected chi connectivity index (χ4v) is 4.26. The number of ether oxygens (including phenoxy) is 2. The topological polar surface area (TPSA) is 93.4 Å². The van der Waals surface area contributed by atoms with Gasteiger partial charge < -0.3 is 23.9 Å². The van der Waals surface area contributed by atoms with Crippen LogP contribution in [0.4, 0.5) is 0 Å². The fourth-order valence-electron chi connectivity index (χ4n) is 4.26. The minimum absolute atomic E-state index is 0.00825. The first-order valence-electron chi connectivity index (χ1n) is 10.8. The third kappa shape index (κ3) is 3.87. The summed E-state index contributed by atoms with van der Waals surface area (Å²) in [7, 11) is 1.53. The number of aliphatic hydroxyl groups excluding tert-OH is 1. The molecule has 1 saturated heterocycles. The summed E-state index contributed by atoms with van der Waals surface area (Å²) in [6.45, 7) is 6.55. The largest absolute Gasteiger partial charge is 0.505 e. The Labute approximate surface area is 192 Å². The molecule has 1 unspecified atom stereocenters. The summed E-state index contributed by atoms with van der Waals surface area (Å²) in [5.74, 6) is -1.10. The minimum Gasteiger partial charge on any atom is -0.505 e. The molecule has 172 valence electrons. The van der Waals surface area contributed by atoms with Gasteiger partial charge in [0.15, 0.2) is 5.76 Å². The standard InChI is InChI=1S/C25H27N3O5/c1-5-33-18-10-6-9-17(14-18)21-19(23(30)25(31)28(21)12-13-32-4)22(29)20-16(3)27-11-7-8-15(2)24(27)26-20/h6-11,14,21,29H,5,12-13H2,1-4H3/b22-19+. The summed E-state index contributed by atoms with van der Waals surface area (Å²) in [5.41, 5.74) is 3.24. The first-order valence-corrected chi connectivity index (χ1v) is 10.8. The predicted molar refractivity (Wildman–Crippen MR) is 123 cm³/mol. The molecule has 3 aromatic rings. The molecule has 2 aromatic heterocycles. The van der Waals surface area contributed by atoms with E-state index in [0.29, 0.717) is 29.3 Å². The van der Waals surface area contributed by atoms with Gasteiger partial charge in [0.05, 0.1) is 30.5 Å². The van der Waals surface area contributed by atoms with E-state index in [0.717, 1.165) is 5.56 Å². The average Bonchev–Trinajstić information content (AvgIpc) is 3.28. The number of rotatable bonds is 7. The van der Waals surface area contributed by atoms with Crippen LogP contribution in [0.2, 0.25) is 0 Å². The number of fused-ring (bicyclic) bond motifs is 1. The van der Waals surface area contributed by atoms with Crippen LogP contribution in [0, 0.1) is 13.8 Å². The van der Waals surface area contributed by atoms with Crippen LogP contribution in [0.3, 0.4) is 0 Å². The summed E-state index contributed by atoms with van der Waals surface area (Å²) in [5, 5.41) is 11.4. The predicted octanol–water partition coefficient (Wildman–Crippen LogP) is 3.42. The van der Waals surface area contributed by atoms with Gasteiger partial charge >= 0.3 is 0 Å². The lowest BCUT2D eigenvalue weighted by molar-refractivity contribution is -0.140. The number of hydrogen-bond acceptors (Lipinski definition) is 6. The molecule has 0 bridgehead atoms. The van der Waals surface area contributed by atoms with Gasteiger partial charge in [-0.1, -0.05) is 18.2 Å². The Kier molecular flexibility index (Phi) is 6.20. The lowest BCUT2D eigenvalue weighted by Gasteiger charge is -2.25. The molecule has 0 saturated carbocycles. The van der Waals surface area contributed by atoms with Crippen molar-refractivity contribution in [3.8, 4) is 5.75 Å². The first-order chi connectivity index (χ1) is 15.9. The van der Waals surface area contributed by atoms with Gasteiger partial charge in [0, 0.05) is 19.9 Å². The van der Waals surface area contributed by atoms with Crippen molar-refractivity contribution in [3.63, 3.8) is 0 Å². The Bertz CT molecular complexity index is 1260. The number of imidazole rings is 1. The number of carbonyl (C=O) groups excluding carboxylic acids is 2. The number of benzene rings is 1. The molecule has 0 radical (unpaired) electrons. The van der Waals surface area contributed by atoms with E-state index in [1.165, 1.54) is 12.0 Å². The summed E-state index contributed by atoms with van der Waals surface area (Å²) in [6, 6.07) is 10.2. The van der Waals surface area contributed by atoms with Crippen LogP contribution in [0.1, 0.15) is 35.5 Å². The second-order valence-electron chi connectivity index (χ2n) is 7.92. The number of Topliss-reactive ketones (excluding diaryl/α,β-unsaturated/α-hetero) is 1. The molecule has 1 atom stereocenters. The number of likely N-dealkylation sites (tertiary alicyclic amines) is 1. The second kappa shape index (κ2) is 9.07. The number of amides is 1. The van der Waals surface area contributed by atoms with Crippen LogP contribution in [0.25, 0.3) is 11.4 Å². The van der Waals surface area contributed by atoms with Crippen LogP contribution in [-0.4, -0.2) is 57.9 Å². The summed E-state index contributed by atoms with van der Waals surface area (Å²) in [4.78, 5) is 32.2. The van der Waals surface area contributed by atoms with Gasteiger partial charge in [-0.15, -0.1) is 0 Å². The van der Waals surface area contributed by atoms with Gasteiger partial charge in [-0.2, -0.15) is 0 Å². The van der Waals surface area contributed by atoms with Crippen molar-refractivity contribution in [2.75, 3.05) is 26.9 Å². The van der Waals surface area contributed by atoms with Crippen molar-refractivity contribution in [3.05, 3.63) is 70.7 Å². The molecule has 8 nitrogen and oxygen atoms in total. The molecule has 1 aliphatic rings. The van der Waals surface area contributed by atoms with Gasteiger partial charge in [-0.25, -0.2) is 4.98 Å². The van der Waals surface area contributed by atoms with E-state index < -0.39 is 17.7 Å². The Hall–Kier alpha value is -3.65. The molecule has 1 N–H and O–H groups in total. The lowest BCUT2D eigenvalue weighted by atomic mass is 9.96. The van der Waals surface area contributed by atoms with Crippen molar-refractivity contribution in [1.82, 2.24) is 14.3 Å². The highest BCUT2D eigenvalue weighted by Gasteiger charge is 2.46. The second-order valence-corrected chi connectivity index (χ2v) is 7.92. The highest BCUT2D eigenvalue weighted by molar-refractivity contribution is 6.46. The molecule has 3 heterocycles. The molecule has 8 heteroatoms. The Morgan fingerprint density at radius 1 is 1.18 bits per heavy atom. The van der Waals surface area contributed by atoms with Crippen LogP contribution in [0.15, 0.2) is 48.2 Å². The van der Waals surface area contributed by atoms with E-state index in [1.807, 2.05) is 55.6 Å². The minimum atomic E-state index is -0.786. The molecular formula is C25H27N3O5. The highest BCUT2D eigenvalue weighted by atomic mass is 16.5. The Morgan fingerprint density at radius 3 is 2.67 bits per heavy atom. The molecular weight excluding hydrogens is 422 g/mol. The smallest absolute Gasteiger partial charge is 0.295 e. The van der Waals surface area contributed by atoms with Gasteiger partial charge in [-0.05, 0) is 50.1 Å². The fraction of sp³-hybridized carbons (Fsp3) is 0.320. The molecule has 1 amide bonds. The molecule has 33 heavy (non-hydrogen) atoms. The average molecular weight is 450 g/mol. The molecule has 1 aromatic carbocycles. The zero-order chi connectivity index (χ0) is 23.7. The maximum absolute atomic E-state index is 13.2. The normalized spacial score (nSPS) is 17.8. The third-order valence-corrected chi connectivity index (χ3v) is 5.87. The Balaban J connectivity index is 1.92. The molecule has 0 spiro atoms. The van der Waals surface area contributed by atoms with Crippen LogP contribution in [0.5, 0.6) is 5.75 Å². The number of aryl methyl sites for hydroxylation is 2. The Morgan fingerprint density at radius 2 is 1.97 bits per heavy atom. The maximum atomic E-state index is 13.2. The van der Waals surface area contributed by atoms with Crippen molar-refractivity contribution >= 4 is 23.1 Å². The van der Waals surface area contributed by atoms with Crippen molar-refractivity contribution < 1.29 is 24.2 Å². The number of pyridine rings is 1. The van der Waals surface area contributed by atoms with Gasteiger partial charge in [0.25, 0.3) is 11.7 Å². The maximum Gasteiger partial charge on any atom is 0.295 e. The summed E-state index contributed by atoms with van der Waals surface area (Å²) < 4.78 is 12.6. The van der Waals surface area contributed by atoms with E-state index in [4.69, 9.17) is 9.47 Å². The summed E-state index contributed by atoms with van der Waals surface area (Å²) in [6.07, 6.45) is 1.85. The molecule has 1 fully saturated rings. The third-order valence-electron chi connectivity index (χ3n) is 5.87. The van der Waals surface area contributed by atoms with Gasteiger partial charge in [-0.3, -0.25) is 9.59 Å². The number of carbonyl (C=O) groups is 2. The van der Waals surface area contributed by atoms with E-state index in [9.17, 15) is 14.7 Å². The van der Waals surface area contributed by atoms with Crippen molar-refractivity contribution in [1.29, 1.82) is 0 Å². The van der Waals surface area contributed by atoms with E-state index >= 15 is 0 Å². The molecule has 0 aliphatic carbocycles. The van der Waals surface area contributed by atoms with Crippen molar-refractivity contribution in [2.45, 2.75) is 26.8 Å². The van der Waals surface area contributed by atoms with Crippen LogP contribution >= 0.6 is 0 Å². The van der Waals surface area contributed by atoms with Gasteiger partial charge in [0.2, 0.25) is 0 Å². The van der Waals surface area contributed by atoms with E-state index in [2.05, 4.69) is 4.98 Å². The number of methoxy groups -OCH3 is 1. The van der Waals surface area contributed by atoms with Crippen molar-refractivity contribution in [2.24, 2.45) is 0 Å². The quantitative estimate of drug-likeness (QED) is 0.338. The monoisotopic (exact) mass is 449 g/mol. The number of ketones is 1. The number of aliphatic hydroxyl groups is 1. The van der Waals surface area contributed by atoms with Crippen LogP contribution < -0.4 is 4.74 Å².